The average Bonchev–Trinajstić information content (AvgIpc) is 2.39. The number of carbonyl (C=O) groups is 1. The van der Waals surface area contributed by atoms with E-state index in [1.807, 2.05) is 6.07 Å². The molecule has 0 spiro atoms. The predicted molar refractivity (Wildman–Crippen MR) is 82.1 cm³/mol. The number of nitrogen functional groups attached to an aromatic ring is 2. The molecule has 0 aliphatic rings. The van der Waals surface area contributed by atoms with Gasteiger partial charge in [0.2, 0.25) is 0 Å². The maximum atomic E-state index is 12.1. The number of anilines is 3. The number of nitrogens with one attached hydrogen (secondary N) is 1. The molecule has 0 saturated carbocycles. The van der Waals surface area contributed by atoms with Crippen molar-refractivity contribution in [1.29, 1.82) is 5.26 Å². The number of hydrogen-bond acceptors (Lipinski definition) is 4. The zero-order valence-corrected chi connectivity index (χ0v) is 11.9. The number of nitrogens with two attached hydrogens (primary N) is 2. The highest BCUT2D eigenvalue weighted by molar-refractivity contribution is 9.10. The summed E-state index contributed by atoms with van der Waals surface area (Å²) >= 11 is 3.30. The Morgan fingerprint density at radius 3 is 2.35 bits per heavy atom. The van der Waals surface area contributed by atoms with Gasteiger partial charge < -0.3 is 16.8 Å². The molecule has 5 nitrogen and oxygen atoms in total. The normalized spacial score (nSPS) is 9.80. The number of rotatable bonds is 2. The van der Waals surface area contributed by atoms with Crippen LogP contribution in [0.15, 0.2) is 40.9 Å². The third-order valence-corrected chi connectivity index (χ3v) is 3.24. The van der Waals surface area contributed by atoms with Gasteiger partial charge in [-0.3, -0.25) is 4.79 Å². The van der Waals surface area contributed by atoms with Crippen LogP contribution in [-0.2, 0) is 0 Å². The number of hydrogen-bond donors (Lipinski definition) is 3. The summed E-state index contributed by atoms with van der Waals surface area (Å²) in [7, 11) is 0. The van der Waals surface area contributed by atoms with E-state index in [0.717, 1.165) is 0 Å². The van der Waals surface area contributed by atoms with E-state index >= 15 is 0 Å². The lowest BCUT2D eigenvalue weighted by Gasteiger charge is -2.09. The van der Waals surface area contributed by atoms with Crippen molar-refractivity contribution < 1.29 is 4.79 Å². The molecule has 0 bridgehead atoms. The lowest BCUT2D eigenvalue weighted by molar-refractivity contribution is 0.102. The van der Waals surface area contributed by atoms with Crippen LogP contribution in [0.5, 0.6) is 0 Å². The summed E-state index contributed by atoms with van der Waals surface area (Å²) in [5, 5.41) is 11.5. The molecular formula is C14H11BrN4O. The molecule has 20 heavy (non-hydrogen) atoms. The highest BCUT2D eigenvalue weighted by Gasteiger charge is 2.10. The fourth-order valence-electron chi connectivity index (χ4n) is 1.69. The van der Waals surface area contributed by atoms with Crippen molar-refractivity contribution in [3.8, 4) is 6.07 Å². The van der Waals surface area contributed by atoms with E-state index in [0.29, 0.717) is 32.7 Å². The Balaban J connectivity index is 2.26. The van der Waals surface area contributed by atoms with Gasteiger partial charge in [0.1, 0.15) is 0 Å². The first kappa shape index (κ1) is 13.9. The molecule has 0 aliphatic heterocycles. The Morgan fingerprint density at radius 2 is 1.80 bits per heavy atom. The zero-order chi connectivity index (χ0) is 14.7. The van der Waals surface area contributed by atoms with E-state index in [2.05, 4.69) is 21.2 Å². The van der Waals surface area contributed by atoms with Crippen LogP contribution >= 0.6 is 15.9 Å². The van der Waals surface area contributed by atoms with Crippen molar-refractivity contribution in [2.75, 3.05) is 16.8 Å². The summed E-state index contributed by atoms with van der Waals surface area (Å²) in [5.74, 6) is -0.325. The molecule has 2 rings (SSSR count). The van der Waals surface area contributed by atoms with Crippen LogP contribution in [0.3, 0.4) is 0 Å². The summed E-state index contributed by atoms with van der Waals surface area (Å²) < 4.78 is 0.627. The first-order valence-corrected chi connectivity index (χ1v) is 6.46. The molecule has 0 heterocycles. The third kappa shape index (κ3) is 3.08. The molecule has 2 aromatic carbocycles. The number of nitriles is 1. The molecule has 0 unspecified atom stereocenters. The van der Waals surface area contributed by atoms with Crippen LogP contribution in [0.4, 0.5) is 17.1 Å². The van der Waals surface area contributed by atoms with Gasteiger partial charge in [0.15, 0.2) is 0 Å². The van der Waals surface area contributed by atoms with Crippen LogP contribution in [-0.4, -0.2) is 5.91 Å². The maximum Gasteiger partial charge on any atom is 0.255 e. The molecule has 100 valence electrons. The van der Waals surface area contributed by atoms with Crippen molar-refractivity contribution in [2.45, 2.75) is 0 Å². The molecule has 1 amide bonds. The second-order valence-electron chi connectivity index (χ2n) is 4.15. The number of benzene rings is 2. The molecule has 0 atom stereocenters. The highest BCUT2D eigenvalue weighted by atomic mass is 79.9. The smallest absolute Gasteiger partial charge is 0.255 e. The topological polar surface area (TPSA) is 105 Å². The van der Waals surface area contributed by atoms with Gasteiger partial charge in [0.05, 0.1) is 17.3 Å². The van der Waals surface area contributed by atoms with Crippen LogP contribution in [0.2, 0.25) is 0 Å². The Morgan fingerprint density at radius 1 is 1.15 bits per heavy atom. The molecule has 0 saturated heterocycles. The minimum Gasteiger partial charge on any atom is -0.399 e. The van der Waals surface area contributed by atoms with Gasteiger partial charge in [-0.1, -0.05) is 0 Å². The lowest BCUT2D eigenvalue weighted by atomic mass is 10.1. The van der Waals surface area contributed by atoms with Gasteiger partial charge in [-0.15, -0.1) is 0 Å². The van der Waals surface area contributed by atoms with Crippen LogP contribution < -0.4 is 16.8 Å². The van der Waals surface area contributed by atoms with Gasteiger partial charge in [0, 0.05) is 21.4 Å². The summed E-state index contributed by atoms with van der Waals surface area (Å²) in [5.41, 5.74) is 13.6. The van der Waals surface area contributed by atoms with E-state index in [4.69, 9.17) is 16.7 Å². The highest BCUT2D eigenvalue weighted by Crippen LogP contribution is 2.24. The second-order valence-corrected chi connectivity index (χ2v) is 5.00. The minimum atomic E-state index is -0.325. The number of nitrogens with zero attached hydrogens (tertiary/aromatic N) is 1. The van der Waals surface area contributed by atoms with Crippen LogP contribution in [0.1, 0.15) is 15.9 Å². The zero-order valence-electron chi connectivity index (χ0n) is 10.4. The van der Waals surface area contributed by atoms with Gasteiger partial charge in [0.25, 0.3) is 5.91 Å². The average molecular weight is 331 g/mol. The lowest BCUT2D eigenvalue weighted by Crippen LogP contribution is -2.13. The van der Waals surface area contributed by atoms with Crippen molar-refractivity contribution in [2.24, 2.45) is 0 Å². The SMILES string of the molecule is N#Cc1ccc(NC(=O)c2cc(N)cc(N)c2)c(Br)c1. The molecule has 0 aromatic heterocycles. The van der Waals surface area contributed by atoms with E-state index in [-0.39, 0.29) is 5.91 Å². The monoisotopic (exact) mass is 330 g/mol. The summed E-state index contributed by atoms with van der Waals surface area (Å²) in [6.07, 6.45) is 0. The fourth-order valence-corrected chi connectivity index (χ4v) is 2.17. The third-order valence-electron chi connectivity index (χ3n) is 2.59. The van der Waals surface area contributed by atoms with Crippen molar-refractivity contribution in [1.82, 2.24) is 0 Å². The van der Waals surface area contributed by atoms with Crippen LogP contribution in [0.25, 0.3) is 0 Å². The van der Waals surface area contributed by atoms with Crippen LogP contribution in [0, 0.1) is 11.3 Å². The number of amides is 1. The number of carbonyl (C=O) groups excluding carboxylic acids is 1. The van der Waals surface area contributed by atoms with Gasteiger partial charge in [-0.05, 0) is 52.3 Å². The molecular weight excluding hydrogens is 320 g/mol. The first-order valence-electron chi connectivity index (χ1n) is 5.66. The quantitative estimate of drug-likeness (QED) is 0.736. The summed E-state index contributed by atoms with van der Waals surface area (Å²) in [6.45, 7) is 0. The molecule has 6 heteroatoms. The van der Waals surface area contributed by atoms with E-state index in [9.17, 15) is 4.79 Å². The Hall–Kier alpha value is -2.52. The Kier molecular flexibility index (Phi) is 3.91. The maximum absolute atomic E-state index is 12.1. The molecule has 5 N–H and O–H groups in total. The first-order chi connectivity index (χ1) is 9.49. The molecule has 0 aliphatic carbocycles. The summed E-state index contributed by atoms with van der Waals surface area (Å²) in [4.78, 5) is 12.1. The summed E-state index contributed by atoms with van der Waals surface area (Å²) in [6, 6.07) is 11.6. The minimum absolute atomic E-state index is 0.325. The van der Waals surface area contributed by atoms with Gasteiger partial charge in [-0.2, -0.15) is 5.26 Å². The fraction of sp³-hybridized carbons (Fsp3) is 0. The molecule has 0 fully saturated rings. The Bertz CT molecular complexity index is 701. The van der Waals surface area contributed by atoms with E-state index < -0.39 is 0 Å². The van der Waals surface area contributed by atoms with E-state index in [1.165, 1.54) is 0 Å². The van der Waals surface area contributed by atoms with Gasteiger partial charge >= 0.3 is 0 Å². The molecule has 2 aromatic rings. The predicted octanol–water partition coefficient (Wildman–Crippen LogP) is 2.74. The number of halogens is 1. The second kappa shape index (κ2) is 5.63. The largest absolute Gasteiger partial charge is 0.399 e. The van der Waals surface area contributed by atoms with Crippen molar-refractivity contribution in [3.05, 3.63) is 52.0 Å². The van der Waals surface area contributed by atoms with Crippen molar-refractivity contribution >= 4 is 38.9 Å². The molecule has 0 radical (unpaired) electrons. The van der Waals surface area contributed by atoms with Crippen molar-refractivity contribution in [3.63, 3.8) is 0 Å². The Labute approximate surface area is 124 Å². The van der Waals surface area contributed by atoms with E-state index in [1.54, 1.807) is 36.4 Å². The van der Waals surface area contributed by atoms with Gasteiger partial charge in [-0.25, -0.2) is 0 Å². The standard InChI is InChI=1S/C14H11BrN4O/c15-12-3-8(7-16)1-2-13(12)19-14(20)9-4-10(17)6-11(18)5-9/h1-6H,17-18H2,(H,19,20).